The van der Waals surface area contributed by atoms with Gasteiger partial charge in [-0.1, -0.05) is 34.1 Å². The number of hydrogen-bond acceptors (Lipinski definition) is 3. The van der Waals surface area contributed by atoms with E-state index < -0.39 is 0 Å². The summed E-state index contributed by atoms with van der Waals surface area (Å²) in [6, 6.07) is 14.5. The van der Waals surface area contributed by atoms with Gasteiger partial charge < -0.3 is 9.88 Å². The molecule has 0 aliphatic carbocycles. The number of carbonyl (C=O) groups is 2. The average molecular weight is 400 g/mol. The first-order valence-corrected chi connectivity index (χ1v) is 8.76. The number of imidazole rings is 1. The summed E-state index contributed by atoms with van der Waals surface area (Å²) in [6.45, 7) is 3.65. The molecule has 1 unspecified atom stereocenters. The van der Waals surface area contributed by atoms with E-state index in [1.807, 2.05) is 47.9 Å². The van der Waals surface area contributed by atoms with E-state index >= 15 is 0 Å². The zero-order chi connectivity index (χ0) is 18.0. The number of carbonyl (C=O) groups excluding carboxylic acids is 2. The first-order valence-electron chi connectivity index (χ1n) is 7.97. The Bertz CT molecular complexity index is 949. The summed E-state index contributed by atoms with van der Waals surface area (Å²) in [6.07, 6.45) is 0. The van der Waals surface area contributed by atoms with Crippen LogP contribution in [0.25, 0.3) is 11.0 Å². The lowest BCUT2D eigenvalue weighted by Crippen LogP contribution is -2.26. The molecular weight excluding hydrogens is 382 g/mol. The highest BCUT2D eigenvalue weighted by Crippen LogP contribution is 2.22. The molecule has 3 rings (SSSR count). The van der Waals surface area contributed by atoms with Gasteiger partial charge in [0.15, 0.2) is 5.78 Å². The van der Waals surface area contributed by atoms with Crippen LogP contribution < -0.4 is 5.32 Å². The predicted octanol–water partition coefficient (Wildman–Crippen LogP) is 3.88. The lowest BCUT2D eigenvalue weighted by Gasteiger charge is -2.15. The van der Waals surface area contributed by atoms with Crippen LogP contribution in [-0.2, 0) is 11.3 Å². The van der Waals surface area contributed by atoms with Crippen molar-refractivity contribution in [3.63, 3.8) is 0 Å². The third-order valence-corrected chi connectivity index (χ3v) is 4.63. The van der Waals surface area contributed by atoms with Crippen molar-refractivity contribution in [1.29, 1.82) is 0 Å². The van der Waals surface area contributed by atoms with Crippen LogP contribution in [0.3, 0.4) is 0 Å². The number of para-hydroxylation sites is 2. The summed E-state index contributed by atoms with van der Waals surface area (Å²) < 4.78 is 2.73. The Morgan fingerprint density at radius 3 is 2.68 bits per heavy atom. The summed E-state index contributed by atoms with van der Waals surface area (Å²) in [5.41, 5.74) is 2.26. The van der Waals surface area contributed by atoms with Crippen molar-refractivity contribution in [3.05, 3.63) is 64.4 Å². The quantitative estimate of drug-likeness (QED) is 0.707. The Labute approximate surface area is 154 Å². The fourth-order valence-corrected chi connectivity index (χ4v) is 3.12. The molecule has 0 radical (unpaired) electrons. The highest BCUT2D eigenvalue weighted by Gasteiger charge is 2.19. The summed E-state index contributed by atoms with van der Waals surface area (Å²) in [7, 11) is 0. The Balaban J connectivity index is 1.89. The normalized spacial score (nSPS) is 12.1. The minimum Gasteiger partial charge on any atom is -0.345 e. The zero-order valence-corrected chi connectivity index (χ0v) is 15.6. The maximum absolute atomic E-state index is 12.4. The number of benzene rings is 2. The molecule has 1 aromatic heterocycles. The van der Waals surface area contributed by atoms with Crippen LogP contribution in [0.5, 0.6) is 0 Å². The molecule has 0 aliphatic heterocycles. The molecule has 0 saturated carbocycles. The number of nitrogens with zero attached hydrogens (tertiary/aromatic N) is 2. The number of amides is 1. The lowest BCUT2D eigenvalue weighted by molar-refractivity contribution is -0.119. The van der Waals surface area contributed by atoms with Gasteiger partial charge in [0, 0.05) is 10.0 Å². The van der Waals surface area contributed by atoms with Crippen LogP contribution in [0, 0.1) is 0 Å². The van der Waals surface area contributed by atoms with Gasteiger partial charge in [-0.25, -0.2) is 4.98 Å². The molecule has 3 aromatic rings. The molecule has 128 valence electrons. The van der Waals surface area contributed by atoms with Crippen LogP contribution in [-0.4, -0.2) is 21.2 Å². The van der Waals surface area contributed by atoms with E-state index in [0.717, 1.165) is 15.5 Å². The number of halogens is 1. The maximum Gasteiger partial charge on any atom is 0.251 e. The van der Waals surface area contributed by atoms with Crippen LogP contribution in [0.15, 0.2) is 53.0 Å². The van der Waals surface area contributed by atoms with Crippen molar-refractivity contribution in [2.24, 2.45) is 0 Å². The molecule has 0 fully saturated rings. The monoisotopic (exact) mass is 399 g/mol. The number of nitrogens with one attached hydrogen (secondary N) is 1. The molecule has 0 spiro atoms. The van der Waals surface area contributed by atoms with Crippen molar-refractivity contribution in [2.45, 2.75) is 26.4 Å². The van der Waals surface area contributed by atoms with Crippen molar-refractivity contribution < 1.29 is 9.59 Å². The molecule has 6 heteroatoms. The average Bonchev–Trinajstić information content (AvgIpc) is 2.97. The van der Waals surface area contributed by atoms with E-state index in [-0.39, 0.29) is 24.3 Å². The van der Waals surface area contributed by atoms with Crippen molar-refractivity contribution >= 4 is 38.7 Å². The Morgan fingerprint density at radius 1 is 1.20 bits per heavy atom. The fourth-order valence-electron chi connectivity index (χ4n) is 2.72. The van der Waals surface area contributed by atoms with Gasteiger partial charge in [-0.05, 0) is 44.2 Å². The van der Waals surface area contributed by atoms with Gasteiger partial charge in [0.1, 0.15) is 5.82 Å². The molecule has 0 bridgehead atoms. The highest BCUT2D eigenvalue weighted by molar-refractivity contribution is 9.10. The molecule has 1 N–H and O–H groups in total. The molecule has 2 aromatic carbocycles. The maximum atomic E-state index is 12.4. The van der Waals surface area contributed by atoms with E-state index in [0.29, 0.717) is 11.4 Å². The first kappa shape index (κ1) is 17.4. The van der Waals surface area contributed by atoms with E-state index in [4.69, 9.17) is 0 Å². The largest absolute Gasteiger partial charge is 0.345 e. The van der Waals surface area contributed by atoms with E-state index in [1.54, 1.807) is 19.1 Å². The SMILES string of the molecule is CC(=O)C(C)n1c(CNC(=O)c2cccc(Br)c2)nc2ccccc21. The summed E-state index contributed by atoms with van der Waals surface area (Å²) in [5, 5.41) is 2.88. The number of rotatable bonds is 5. The third kappa shape index (κ3) is 3.64. The Morgan fingerprint density at radius 2 is 1.96 bits per heavy atom. The Hall–Kier alpha value is -2.47. The summed E-state index contributed by atoms with van der Waals surface area (Å²) in [4.78, 5) is 28.8. The lowest BCUT2D eigenvalue weighted by atomic mass is 10.2. The number of hydrogen-bond donors (Lipinski definition) is 1. The Kier molecular flexibility index (Phi) is 4.99. The second-order valence-electron chi connectivity index (χ2n) is 5.87. The van der Waals surface area contributed by atoms with Crippen LogP contribution in [0.4, 0.5) is 0 Å². The molecule has 1 heterocycles. The molecule has 0 saturated heterocycles. The molecule has 0 aliphatic rings. The molecule has 1 amide bonds. The standard InChI is InChI=1S/C19H18BrN3O2/c1-12(13(2)24)23-17-9-4-3-8-16(17)22-18(23)11-21-19(25)14-6-5-7-15(20)10-14/h3-10,12H,11H2,1-2H3,(H,21,25). The van der Waals surface area contributed by atoms with Crippen LogP contribution >= 0.6 is 15.9 Å². The van der Waals surface area contributed by atoms with E-state index in [2.05, 4.69) is 26.2 Å². The topological polar surface area (TPSA) is 64.0 Å². The first-order chi connectivity index (χ1) is 12.0. The minimum atomic E-state index is -0.342. The zero-order valence-electron chi connectivity index (χ0n) is 14.0. The second-order valence-corrected chi connectivity index (χ2v) is 6.78. The number of Topliss-reactive ketones (excluding diaryl/α,β-unsaturated/α-hetero) is 1. The molecule has 1 atom stereocenters. The molecule has 5 nitrogen and oxygen atoms in total. The number of aromatic nitrogens is 2. The van der Waals surface area contributed by atoms with Gasteiger partial charge in [0.2, 0.25) is 0 Å². The summed E-state index contributed by atoms with van der Waals surface area (Å²) in [5.74, 6) is 0.519. The number of fused-ring (bicyclic) bond motifs is 1. The van der Waals surface area contributed by atoms with Gasteiger partial charge in [0.05, 0.1) is 23.6 Å². The van der Waals surface area contributed by atoms with Crippen molar-refractivity contribution in [1.82, 2.24) is 14.9 Å². The van der Waals surface area contributed by atoms with Gasteiger partial charge in [-0.15, -0.1) is 0 Å². The van der Waals surface area contributed by atoms with Gasteiger partial charge in [-0.3, -0.25) is 9.59 Å². The van der Waals surface area contributed by atoms with Gasteiger partial charge in [0.25, 0.3) is 5.91 Å². The second kappa shape index (κ2) is 7.19. The fraction of sp³-hybridized carbons (Fsp3) is 0.211. The van der Waals surface area contributed by atoms with Crippen molar-refractivity contribution in [2.75, 3.05) is 0 Å². The van der Waals surface area contributed by atoms with E-state index in [1.165, 1.54) is 0 Å². The predicted molar refractivity (Wildman–Crippen MR) is 100 cm³/mol. The molecular formula is C19H18BrN3O2. The van der Waals surface area contributed by atoms with Crippen LogP contribution in [0.2, 0.25) is 0 Å². The number of ketones is 1. The van der Waals surface area contributed by atoms with Crippen molar-refractivity contribution in [3.8, 4) is 0 Å². The van der Waals surface area contributed by atoms with Crippen LogP contribution in [0.1, 0.15) is 36.1 Å². The highest BCUT2D eigenvalue weighted by atomic mass is 79.9. The minimum absolute atomic E-state index is 0.0442. The van der Waals surface area contributed by atoms with Gasteiger partial charge in [-0.2, -0.15) is 0 Å². The van der Waals surface area contributed by atoms with E-state index in [9.17, 15) is 9.59 Å². The summed E-state index contributed by atoms with van der Waals surface area (Å²) >= 11 is 3.36. The smallest absolute Gasteiger partial charge is 0.251 e. The third-order valence-electron chi connectivity index (χ3n) is 4.14. The molecule has 25 heavy (non-hydrogen) atoms. The van der Waals surface area contributed by atoms with Gasteiger partial charge >= 0.3 is 0 Å².